The molecule has 0 aliphatic heterocycles. The quantitative estimate of drug-likeness (QED) is 0.613. The molecule has 0 aromatic heterocycles. The molecule has 0 aliphatic rings. The number of hydrogen-bond acceptors (Lipinski definition) is 4. The van der Waals surface area contributed by atoms with E-state index in [1.54, 1.807) is 0 Å². The first-order chi connectivity index (χ1) is 8.86. The number of anilines is 1. The van der Waals surface area contributed by atoms with E-state index in [0.717, 1.165) is 12.8 Å². The minimum atomic E-state index is -3.67. The van der Waals surface area contributed by atoms with Gasteiger partial charge in [0.05, 0.1) is 10.6 Å². The number of non-ortho nitro benzene ring substituents is 1. The van der Waals surface area contributed by atoms with Gasteiger partial charge in [-0.2, -0.15) is 12.7 Å². The Kier molecular flexibility index (Phi) is 5.25. The summed E-state index contributed by atoms with van der Waals surface area (Å²) in [5.74, 6) is 0. The van der Waals surface area contributed by atoms with Crippen LogP contribution in [-0.2, 0) is 10.2 Å². The highest BCUT2D eigenvalue weighted by Crippen LogP contribution is 2.18. The van der Waals surface area contributed by atoms with Crippen molar-refractivity contribution in [3.8, 4) is 0 Å². The Balaban J connectivity index is 2.83. The highest BCUT2D eigenvalue weighted by molar-refractivity contribution is 7.90. The lowest BCUT2D eigenvalue weighted by Crippen LogP contribution is -2.33. The molecule has 0 aliphatic carbocycles. The maximum absolute atomic E-state index is 11.9. The molecule has 0 fully saturated rings. The Morgan fingerprint density at radius 2 is 2.11 bits per heavy atom. The topological polar surface area (TPSA) is 92.6 Å². The van der Waals surface area contributed by atoms with E-state index in [1.165, 1.54) is 35.6 Å². The lowest BCUT2D eigenvalue weighted by atomic mass is 10.3. The number of unbranched alkanes of at least 4 members (excludes halogenated alkanes) is 1. The number of nitro benzene ring substituents is 1. The second-order valence-electron chi connectivity index (χ2n) is 4.09. The van der Waals surface area contributed by atoms with Gasteiger partial charge in [0.1, 0.15) is 0 Å². The first-order valence-electron chi connectivity index (χ1n) is 5.85. The predicted molar refractivity (Wildman–Crippen MR) is 73.2 cm³/mol. The van der Waals surface area contributed by atoms with E-state index in [-0.39, 0.29) is 11.4 Å². The molecule has 1 aromatic carbocycles. The second kappa shape index (κ2) is 6.48. The molecule has 0 spiro atoms. The van der Waals surface area contributed by atoms with Crippen molar-refractivity contribution in [2.75, 3.05) is 18.3 Å². The number of hydrogen-bond donors (Lipinski definition) is 1. The van der Waals surface area contributed by atoms with Crippen LogP contribution in [0.15, 0.2) is 24.3 Å². The fourth-order valence-electron chi connectivity index (χ4n) is 1.41. The van der Waals surface area contributed by atoms with Crippen LogP contribution in [0, 0.1) is 10.1 Å². The van der Waals surface area contributed by atoms with Crippen molar-refractivity contribution in [1.29, 1.82) is 0 Å². The van der Waals surface area contributed by atoms with Gasteiger partial charge >= 0.3 is 10.2 Å². The number of rotatable bonds is 7. The van der Waals surface area contributed by atoms with E-state index in [2.05, 4.69) is 4.72 Å². The highest BCUT2D eigenvalue weighted by atomic mass is 32.2. The number of nitrogens with zero attached hydrogens (tertiary/aromatic N) is 2. The maximum atomic E-state index is 11.9. The van der Waals surface area contributed by atoms with Gasteiger partial charge in [-0.15, -0.1) is 0 Å². The summed E-state index contributed by atoms with van der Waals surface area (Å²) >= 11 is 0. The van der Waals surface area contributed by atoms with E-state index in [1.807, 2.05) is 6.92 Å². The third kappa shape index (κ3) is 4.49. The van der Waals surface area contributed by atoms with Crippen LogP contribution in [0.5, 0.6) is 0 Å². The van der Waals surface area contributed by atoms with E-state index in [4.69, 9.17) is 0 Å². The van der Waals surface area contributed by atoms with E-state index in [0.29, 0.717) is 6.54 Å². The van der Waals surface area contributed by atoms with Crippen molar-refractivity contribution in [3.63, 3.8) is 0 Å². The van der Waals surface area contributed by atoms with Crippen molar-refractivity contribution in [2.24, 2.45) is 0 Å². The van der Waals surface area contributed by atoms with Crippen LogP contribution < -0.4 is 4.72 Å². The largest absolute Gasteiger partial charge is 0.301 e. The van der Waals surface area contributed by atoms with Gasteiger partial charge in [0, 0.05) is 25.7 Å². The van der Waals surface area contributed by atoms with Gasteiger partial charge in [0.2, 0.25) is 0 Å². The molecular weight excluding hydrogens is 270 g/mol. The van der Waals surface area contributed by atoms with Crippen LogP contribution in [0.4, 0.5) is 11.4 Å². The average molecular weight is 287 g/mol. The van der Waals surface area contributed by atoms with Crippen LogP contribution in [-0.4, -0.2) is 31.2 Å². The van der Waals surface area contributed by atoms with Gasteiger partial charge in [0.15, 0.2) is 0 Å². The summed E-state index contributed by atoms with van der Waals surface area (Å²) in [5.41, 5.74) is 0.0222. The molecule has 19 heavy (non-hydrogen) atoms. The van der Waals surface area contributed by atoms with Gasteiger partial charge in [0.25, 0.3) is 5.69 Å². The zero-order valence-corrected chi connectivity index (χ0v) is 11.7. The molecule has 0 atom stereocenters. The molecule has 106 valence electrons. The van der Waals surface area contributed by atoms with Gasteiger partial charge in [-0.25, -0.2) is 0 Å². The van der Waals surface area contributed by atoms with Crippen LogP contribution in [0.3, 0.4) is 0 Å². The number of nitrogens with one attached hydrogen (secondary N) is 1. The number of benzene rings is 1. The molecule has 0 radical (unpaired) electrons. The SMILES string of the molecule is CCCCN(C)S(=O)(=O)Nc1cccc([N+](=O)[O-])c1. The molecule has 0 heterocycles. The Labute approximate surface area is 112 Å². The summed E-state index contributed by atoms with van der Waals surface area (Å²) in [6, 6.07) is 5.39. The van der Waals surface area contributed by atoms with Gasteiger partial charge in [-0.05, 0) is 12.5 Å². The predicted octanol–water partition coefficient (Wildman–Crippen LogP) is 1.98. The molecule has 0 saturated carbocycles. The lowest BCUT2D eigenvalue weighted by Gasteiger charge is -2.17. The van der Waals surface area contributed by atoms with Crippen molar-refractivity contribution >= 4 is 21.6 Å². The zero-order chi connectivity index (χ0) is 14.5. The molecule has 0 unspecified atom stereocenters. The molecular formula is C11H17N3O4S. The summed E-state index contributed by atoms with van der Waals surface area (Å²) in [6.45, 7) is 2.37. The van der Waals surface area contributed by atoms with Crippen molar-refractivity contribution < 1.29 is 13.3 Å². The molecule has 8 heteroatoms. The fraction of sp³-hybridized carbons (Fsp3) is 0.455. The monoisotopic (exact) mass is 287 g/mol. The van der Waals surface area contributed by atoms with Crippen LogP contribution in [0.25, 0.3) is 0 Å². The van der Waals surface area contributed by atoms with Crippen molar-refractivity contribution in [1.82, 2.24) is 4.31 Å². The van der Waals surface area contributed by atoms with Crippen LogP contribution in [0.1, 0.15) is 19.8 Å². The highest BCUT2D eigenvalue weighted by Gasteiger charge is 2.17. The smallest absolute Gasteiger partial charge is 0.271 e. The Bertz CT molecular complexity index is 545. The van der Waals surface area contributed by atoms with Crippen LogP contribution >= 0.6 is 0 Å². The molecule has 1 rings (SSSR count). The standard InChI is InChI=1S/C11H17N3O4S/c1-3-4-8-13(2)19(17,18)12-10-6-5-7-11(9-10)14(15)16/h5-7,9,12H,3-4,8H2,1-2H3. The van der Waals surface area contributed by atoms with E-state index >= 15 is 0 Å². The van der Waals surface area contributed by atoms with Gasteiger partial charge in [-0.3, -0.25) is 14.8 Å². The normalized spacial score (nSPS) is 11.5. The Hall–Kier alpha value is -1.67. The minimum Gasteiger partial charge on any atom is -0.271 e. The van der Waals surface area contributed by atoms with Gasteiger partial charge < -0.3 is 0 Å². The van der Waals surface area contributed by atoms with Crippen LogP contribution in [0.2, 0.25) is 0 Å². The van der Waals surface area contributed by atoms with E-state index < -0.39 is 15.1 Å². The van der Waals surface area contributed by atoms with Crippen molar-refractivity contribution in [2.45, 2.75) is 19.8 Å². The summed E-state index contributed by atoms with van der Waals surface area (Å²) in [5, 5.41) is 10.6. The molecule has 0 bridgehead atoms. The average Bonchev–Trinajstić information content (AvgIpc) is 2.35. The third-order valence-corrected chi connectivity index (χ3v) is 4.04. The first kappa shape index (κ1) is 15.4. The number of nitro groups is 1. The molecule has 0 amide bonds. The third-order valence-electron chi connectivity index (χ3n) is 2.54. The second-order valence-corrected chi connectivity index (χ2v) is 5.87. The van der Waals surface area contributed by atoms with E-state index in [9.17, 15) is 18.5 Å². The summed E-state index contributed by atoms with van der Waals surface area (Å²) in [6.07, 6.45) is 1.64. The summed E-state index contributed by atoms with van der Waals surface area (Å²) in [4.78, 5) is 10.0. The lowest BCUT2D eigenvalue weighted by molar-refractivity contribution is -0.384. The molecule has 7 nitrogen and oxygen atoms in total. The van der Waals surface area contributed by atoms with Gasteiger partial charge in [-0.1, -0.05) is 19.4 Å². The van der Waals surface area contributed by atoms with Crippen molar-refractivity contribution in [3.05, 3.63) is 34.4 Å². The maximum Gasteiger partial charge on any atom is 0.301 e. The fourth-order valence-corrected chi connectivity index (χ4v) is 2.36. The Morgan fingerprint density at radius 1 is 1.42 bits per heavy atom. The minimum absolute atomic E-state index is 0.156. The summed E-state index contributed by atoms with van der Waals surface area (Å²) < 4.78 is 27.4. The molecule has 1 N–H and O–H groups in total. The first-order valence-corrected chi connectivity index (χ1v) is 7.29. The zero-order valence-electron chi connectivity index (χ0n) is 10.9. The summed E-state index contributed by atoms with van der Waals surface area (Å²) in [7, 11) is -2.20. The Morgan fingerprint density at radius 3 is 2.68 bits per heavy atom. The molecule has 0 saturated heterocycles. The molecule has 1 aromatic rings.